The van der Waals surface area contributed by atoms with E-state index in [0.29, 0.717) is 12.5 Å². The Labute approximate surface area is 189 Å². The van der Waals surface area contributed by atoms with Crippen LogP contribution in [0.4, 0.5) is 5.69 Å². The van der Waals surface area contributed by atoms with Gasteiger partial charge >= 0.3 is 0 Å². The molecule has 0 bridgehead atoms. The maximum atomic E-state index is 13.3. The molecule has 0 saturated heterocycles. The molecule has 0 aliphatic carbocycles. The Hall–Kier alpha value is -1.76. The molecule has 2 aromatic carbocycles. The zero-order valence-corrected chi connectivity index (χ0v) is 19.6. The van der Waals surface area contributed by atoms with Crippen LogP contribution in [0.2, 0.25) is 10.0 Å². The van der Waals surface area contributed by atoms with Crippen molar-refractivity contribution in [2.75, 3.05) is 17.4 Å². The predicted octanol–water partition coefficient (Wildman–Crippen LogP) is 5.52. The van der Waals surface area contributed by atoms with Crippen LogP contribution in [-0.2, 0) is 14.8 Å². The highest BCUT2D eigenvalue weighted by Gasteiger charge is 2.29. The lowest BCUT2D eigenvalue weighted by Gasteiger charge is -2.25. The summed E-state index contributed by atoms with van der Waals surface area (Å²) in [5.41, 5.74) is 0.168. The third-order valence-corrected chi connectivity index (χ3v) is 7.53. The van der Waals surface area contributed by atoms with Crippen molar-refractivity contribution in [3.05, 3.63) is 58.6 Å². The monoisotopic (exact) mass is 470 g/mol. The van der Waals surface area contributed by atoms with E-state index in [2.05, 4.69) is 19.2 Å². The van der Waals surface area contributed by atoms with Gasteiger partial charge < -0.3 is 5.32 Å². The number of carbonyl (C=O) groups is 1. The fraction of sp³-hybridized carbons (Fsp3) is 0.409. The minimum absolute atomic E-state index is 0.0724. The van der Waals surface area contributed by atoms with Gasteiger partial charge in [-0.1, -0.05) is 80.6 Å². The summed E-state index contributed by atoms with van der Waals surface area (Å²) in [4.78, 5) is 12.8. The van der Waals surface area contributed by atoms with Gasteiger partial charge in [0.1, 0.15) is 6.54 Å². The lowest BCUT2D eigenvalue weighted by Crippen LogP contribution is -2.42. The first-order chi connectivity index (χ1) is 14.3. The number of halogens is 2. The summed E-state index contributed by atoms with van der Waals surface area (Å²) >= 11 is 12.4. The van der Waals surface area contributed by atoms with Crippen molar-refractivity contribution in [3.8, 4) is 0 Å². The minimum Gasteiger partial charge on any atom is -0.354 e. The van der Waals surface area contributed by atoms with Crippen molar-refractivity contribution < 1.29 is 13.2 Å². The van der Waals surface area contributed by atoms with Gasteiger partial charge in [-0.15, -0.1) is 0 Å². The van der Waals surface area contributed by atoms with Crippen LogP contribution in [0, 0.1) is 5.92 Å². The van der Waals surface area contributed by atoms with Gasteiger partial charge in [-0.3, -0.25) is 9.10 Å². The summed E-state index contributed by atoms with van der Waals surface area (Å²) in [6, 6.07) is 12.7. The molecule has 2 aromatic rings. The second-order valence-electron chi connectivity index (χ2n) is 7.12. The Morgan fingerprint density at radius 2 is 1.77 bits per heavy atom. The molecule has 0 aliphatic rings. The van der Waals surface area contributed by atoms with Crippen LogP contribution in [0.25, 0.3) is 0 Å². The largest absolute Gasteiger partial charge is 0.354 e. The molecular weight excluding hydrogens is 443 g/mol. The summed E-state index contributed by atoms with van der Waals surface area (Å²) in [6.45, 7) is 4.34. The summed E-state index contributed by atoms with van der Waals surface area (Å²) in [7, 11) is -4.02. The van der Waals surface area contributed by atoms with E-state index in [1.54, 1.807) is 30.3 Å². The first-order valence-electron chi connectivity index (χ1n) is 10.1. The van der Waals surface area contributed by atoms with Crippen LogP contribution >= 0.6 is 23.2 Å². The van der Waals surface area contributed by atoms with Gasteiger partial charge in [-0.2, -0.15) is 0 Å². The maximum absolute atomic E-state index is 13.3. The van der Waals surface area contributed by atoms with Crippen molar-refractivity contribution in [1.29, 1.82) is 0 Å². The molecule has 1 atom stereocenters. The summed E-state index contributed by atoms with van der Waals surface area (Å²) in [5.74, 6) is -0.0247. The molecule has 0 aliphatic heterocycles. The van der Waals surface area contributed by atoms with Gasteiger partial charge in [-0.05, 0) is 36.6 Å². The number of anilines is 1. The van der Waals surface area contributed by atoms with Crippen molar-refractivity contribution >= 4 is 44.8 Å². The van der Waals surface area contributed by atoms with Crippen LogP contribution in [0.1, 0.15) is 39.5 Å². The molecule has 5 nitrogen and oxygen atoms in total. The van der Waals surface area contributed by atoms with E-state index in [4.69, 9.17) is 23.2 Å². The first-order valence-corrected chi connectivity index (χ1v) is 12.3. The van der Waals surface area contributed by atoms with Crippen LogP contribution < -0.4 is 9.62 Å². The molecule has 30 heavy (non-hydrogen) atoms. The Morgan fingerprint density at radius 1 is 1.07 bits per heavy atom. The summed E-state index contributed by atoms with van der Waals surface area (Å²) in [6.07, 6.45) is 4.17. The molecule has 1 unspecified atom stereocenters. The van der Waals surface area contributed by atoms with E-state index in [1.165, 1.54) is 18.2 Å². The number of hydrogen-bond acceptors (Lipinski definition) is 3. The van der Waals surface area contributed by atoms with Gasteiger partial charge in [0.2, 0.25) is 5.91 Å². The Bertz CT molecular complexity index is 937. The second-order valence-corrected chi connectivity index (χ2v) is 9.77. The molecule has 0 radical (unpaired) electrons. The van der Waals surface area contributed by atoms with Crippen molar-refractivity contribution in [3.63, 3.8) is 0 Å². The van der Waals surface area contributed by atoms with E-state index in [1.807, 2.05) is 0 Å². The molecule has 0 fully saturated rings. The number of benzene rings is 2. The molecule has 164 valence electrons. The number of nitrogens with zero attached hydrogens (tertiary/aromatic N) is 1. The molecule has 0 spiro atoms. The third-order valence-electron chi connectivity index (χ3n) is 4.95. The second kappa shape index (κ2) is 11.6. The van der Waals surface area contributed by atoms with Gasteiger partial charge in [0.25, 0.3) is 10.0 Å². The Morgan fingerprint density at radius 3 is 2.40 bits per heavy atom. The van der Waals surface area contributed by atoms with E-state index in [9.17, 15) is 13.2 Å². The third kappa shape index (κ3) is 6.37. The quantitative estimate of drug-likeness (QED) is 0.469. The zero-order chi connectivity index (χ0) is 22.1. The smallest absolute Gasteiger partial charge is 0.264 e. The maximum Gasteiger partial charge on any atom is 0.264 e. The normalized spacial score (nSPS) is 12.4. The van der Waals surface area contributed by atoms with Crippen LogP contribution in [0.15, 0.2) is 53.4 Å². The number of sulfonamides is 1. The predicted molar refractivity (Wildman–Crippen MR) is 124 cm³/mol. The van der Waals surface area contributed by atoms with Crippen LogP contribution in [0.5, 0.6) is 0 Å². The number of hydrogen-bond donors (Lipinski definition) is 1. The number of nitrogens with one attached hydrogen (secondary N) is 1. The average molecular weight is 471 g/mol. The Kier molecular flexibility index (Phi) is 9.46. The first kappa shape index (κ1) is 24.5. The zero-order valence-electron chi connectivity index (χ0n) is 17.3. The minimum atomic E-state index is -4.02. The van der Waals surface area contributed by atoms with Crippen molar-refractivity contribution in [2.24, 2.45) is 5.92 Å². The average Bonchev–Trinajstić information content (AvgIpc) is 2.75. The fourth-order valence-electron chi connectivity index (χ4n) is 3.09. The topological polar surface area (TPSA) is 66.5 Å². The lowest BCUT2D eigenvalue weighted by molar-refractivity contribution is -0.119. The molecular formula is C22H28Cl2N2O3S. The van der Waals surface area contributed by atoms with E-state index >= 15 is 0 Å². The molecule has 1 amide bonds. The summed E-state index contributed by atoms with van der Waals surface area (Å²) in [5, 5.41) is 3.18. The van der Waals surface area contributed by atoms with Gasteiger partial charge in [0, 0.05) is 6.54 Å². The van der Waals surface area contributed by atoms with Gasteiger partial charge in [0.15, 0.2) is 0 Å². The number of rotatable bonds is 11. The van der Waals surface area contributed by atoms with Crippen LogP contribution in [-0.4, -0.2) is 27.4 Å². The van der Waals surface area contributed by atoms with E-state index in [0.717, 1.165) is 30.0 Å². The highest BCUT2D eigenvalue weighted by molar-refractivity contribution is 7.92. The van der Waals surface area contributed by atoms with Gasteiger partial charge in [-0.25, -0.2) is 8.42 Å². The fourth-order valence-corrected chi connectivity index (χ4v) is 4.99. The van der Waals surface area contributed by atoms with Crippen molar-refractivity contribution in [2.45, 2.75) is 44.4 Å². The Balaban J connectivity index is 2.29. The van der Waals surface area contributed by atoms with E-state index < -0.39 is 10.0 Å². The molecule has 2 rings (SSSR count). The molecule has 1 N–H and O–H groups in total. The molecule has 8 heteroatoms. The standard InChI is InChI=1S/C22H28Cl2N2O3S/c1-3-5-10-17(4-2)15-25-21(27)16-26(20-14-9-13-19(23)22(20)24)30(28,29)18-11-7-6-8-12-18/h6-9,11-14,17H,3-5,10,15-16H2,1-2H3,(H,25,27). The molecule has 0 saturated carbocycles. The molecule has 0 heterocycles. The lowest BCUT2D eigenvalue weighted by atomic mass is 9.99. The van der Waals surface area contributed by atoms with E-state index in [-0.39, 0.29) is 33.1 Å². The number of carbonyl (C=O) groups excluding carboxylic acids is 1. The molecule has 0 aromatic heterocycles. The highest BCUT2D eigenvalue weighted by Crippen LogP contribution is 2.35. The number of amides is 1. The highest BCUT2D eigenvalue weighted by atomic mass is 35.5. The van der Waals surface area contributed by atoms with Crippen molar-refractivity contribution in [1.82, 2.24) is 5.32 Å². The SMILES string of the molecule is CCCCC(CC)CNC(=O)CN(c1cccc(Cl)c1Cl)S(=O)(=O)c1ccccc1. The summed E-state index contributed by atoms with van der Waals surface area (Å²) < 4.78 is 27.6. The van der Waals surface area contributed by atoms with Crippen LogP contribution in [0.3, 0.4) is 0 Å². The van der Waals surface area contributed by atoms with Gasteiger partial charge in [0.05, 0.1) is 20.6 Å². The number of unbranched alkanes of at least 4 members (excludes halogenated alkanes) is 1.